The minimum Gasteiger partial charge on any atom is -0.394 e. The van der Waals surface area contributed by atoms with E-state index in [1.807, 2.05) is 37.7 Å². The summed E-state index contributed by atoms with van der Waals surface area (Å²) in [5.41, 5.74) is 0.303. The van der Waals surface area contributed by atoms with E-state index in [1.54, 1.807) is 6.20 Å². The predicted octanol–water partition coefficient (Wildman–Crippen LogP) is 0.954. The number of nitrogens with one attached hydrogen (secondary N) is 2. The minimum atomic E-state index is -0.439. The van der Waals surface area contributed by atoms with Crippen LogP contribution in [0, 0.1) is 0 Å². The Kier molecular flexibility index (Phi) is 2.89. The van der Waals surface area contributed by atoms with Gasteiger partial charge in [0.05, 0.1) is 18.3 Å². The molecule has 0 spiro atoms. The van der Waals surface area contributed by atoms with Gasteiger partial charge in [0.25, 0.3) is 0 Å². The number of nitrogens with zero attached hydrogens (tertiary/aromatic N) is 3. The summed E-state index contributed by atoms with van der Waals surface area (Å²) in [4.78, 5) is 8.65. The Balaban J connectivity index is 2.47. The van der Waals surface area contributed by atoms with Crippen molar-refractivity contribution in [2.45, 2.75) is 19.4 Å². The third-order valence-corrected chi connectivity index (χ3v) is 2.48. The molecular formula is C11H17N5O. The molecule has 2 heterocycles. The highest BCUT2D eigenvalue weighted by Crippen LogP contribution is 2.19. The van der Waals surface area contributed by atoms with E-state index in [9.17, 15) is 5.11 Å². The topological polar surface area (TPSA) is 74.5 Å². The van der Waals surface area contributed by atoms with E-state index < -0.39 is 5.54 Å². The van der Waals surface area contributed by atoms with Crippen molar-refractivity contribution in [2.24, 2.45) is 0 Å². The molecule has 0 bridgehead atoms. The van der Waals surface area contributed by atoms with E-state index in [2.05, 4.69) is 20.6 Å². The smallest absolute Gasteiger partial charge is 0.180 e. The van der Waals surface area contributed by atoms with Crippen LogP contribution in [0.25, 0.3) is 5.65 Å². The van der Waals surface area contributed by atoms with E-state index in [0.29, 0.717) is 5.82 Å². The first-order valence-corrected chi connectivity index (χ1v) is 5.46. The lowest BCUT2D eigenvalue weighted by atomic mass is 10.1. The van der Waals surface area contributed by atoms with Gasteiger partial charge in [-0.2, -0.15) is 0 Å². The van der Waals surface area contributed by atoms with Crippen LogP contribution in [0.15, 0.2) is 18.6 Å². The Morgan fingerprint density at radius 2 is 2.24 bits per heavy atom. The van der Waals surface area contributed by atoms with Gasteiger partial charge in [-0.05, 0) is 13.8 Å². The first kappa shape index (κ1) is 11.7. The quantitative estimate of drug-likeness (QED) is 0.736. The summed E-state index contributed by atoms with van der Waals surface area (Å²) in [6.07, 6.45) is 5.43. The average molecular weight is 235 g/mol. The van der Waals surface area contributed by atoms with Crippen LogP contribution >= 0.6 is 0 Å². The number of rotatable bonds is 4. The molecule has 0 saturated heterocycles. The van der Waals surface area contributed by atoms with Crippen LogP contribution in [0.3, 0.4) is 0 Å². The van der Waals surface area contributed by atoms with E-state index in [4.69, 9.17) is 0 Å². The highest BCUT2D eigenvalue weighted by atomic mass is 16.3. The van der Waals surface area contributed by atoms with Gasteiger partial charge in [0.2, 0.25) is 0 Å². The number of hydrogen-bond acceptors (Lipinski definition) is 5. The standard InChI is InChI=1S/C11H17N5O/c1-11(2,7-17)15-9-10-13-4-5-16(10)6-8(12-3)14-9/h4-6,12,17H,7H2,1-3H3,(H,14,15). The van der Waals surface area contributed by atoms with Gasteiger partial charge in [-0.25, -0.2) is 9.97 Å². The van der Waals surface area contributed by atoms with Crippen LogP contribution < -0.4 is 10.6 Å². The summed E-state index contributed by atoms with van der Waals surface area (Å²) >= 11 is 0. The number of anilines is 2. The van der Waals surface area contributed by atoms with Gasteiger partial charge in [-0.1, -0.05) is 0 Å². The third kappa shape index (κ3) is 2.31. The van der Waals surface area contributed by atoms with Crippen molar-refractivity contribution in [3.63, 3.8) is 0 Å². The predicted molar refractivity (Wildman–Crippen MR) is 67.3 cm³/mol. The number of imidazole rings is 1. The molecule has 2 aromatic rings. The Labute approximate surface area is 99.7 Å². The summed E-state index contributed by atoms with van der Waals surface area (Å²) in [6, 6.07) is 0. The largest absolute Gasteiger partial charge is 0.394 e. The fraction of sp³-hybridized carbons (Fsp3) is 0.455. The summed E-state index contributed by atoms with van der Waals surface area (Å²) in [7, 11) is 1.81. The van der Waals surface area contributed by atoms with Crippen molar-refractivity contribution in [3.05, 3.63) is 18.6 Å². The van der Waals surface area contributed by atoms with Crippen LogP contribution in [0.5, 0.6) is 0 Å². The summed E-state index contributed by atoms with van der Waals surface area (Å²) in [5.74, 6) is 1.40. The zero-order valence-electron chi connectivity index (χ0n) is 10.2. The first-order chi connectivity index (χ1) is 8.05. The summed E-state index contributed by atoms with van der Waals surface area (Å²) in [6.45, 7) is 3.83. The number of fused-ring (bicyclic) bond motifs is 1. The molecule has 2 aromatic heterocycles. The van der Waals surface area contributed by atoms with Gasteiger partial charge in [0.15, 0.2) is 11.5 Å². The maximum atomic E-state index is 9.27. The maximum Gasteiger partial charge on any atom is 0.180 e. The lowest BCUT2D eigenvalue weighted by Crippen LogP contribution is -2.35. The van der Waals surface area contributed by atoms with E-state index in [1.165, 1.54) is 0 Å². The molecule has 6 heteroatoms. The van der Waals surface area contributed by atoms with Gasteiger partial charge >= 0.3 is 0 Å². The highest BCUT2D eigenvalue weighted by molar-refractivity contribution is 5.66. The summed E-state index contributed by atoms with van der Waals surface area (Å²) < 4.78 is 1.88. The summed E-state index contributed by atoms with van der Waals surface area (Å²) in [5, 5.41) is 15.4. The second-order valence-corrected chi connectivity index (χ2v) is 4.55. The van der Waals surface area contributed by atoms with Crippen LogP contribution in [0.2, 0.25) is 0 Å². The van der Waals surface area contributed by atoms with E-state index in [0.717, 1.165) is 11.5 Å². The molecule has 3 N–H and O–H groups in total. The van der Waals surface area contributed by atoms with Crippen molar-refractivity contribution in [1.29, 1.82) is 0 Å². The Morgan fingerprint density at radius 1 is 1.47 bits per heavy atom. The minimum absolute atomic E-state index is 0.0192. The zero-order chi connectivity index (χ0) is 12.5. The van der Waals surface area contributed by atoms with Gasteiger partial charge < -0.3 is 20.1 Å². The number of aromatic nitrogens is 3. The maximum absolute atomic E-state index is 9.27. The first-order valence-electron chi connectivity index (χ1n) is 5.46. The Bertz CT molecular complexity index is 520. The van der Waals surface area contributed by atoms with Crippen molar-refractivity contribution in [2.75, 3.05) is 24.3 Å². The monoisotopic (exact) mass is 235 g/mol. The lowest BCUT2D eigenvalue weighted by Gasteiger charge is -2.24. The number of hydrogen-bond donors (Lipinski definition) is 3. The second-order valence-electron chi connectivity index (χ2n) is 4.55. The lowest BCUT2D eigenvalue weighted by molar-refractivity contribution is 0.234. The van der Waals surface area contributed by atoms with Gasteiger partial charge in [-0.15, -0.1) is 0 Å². The van der Waals surface area contributed by atoms with Crippen LogP contribution in [-0.4, -0.2) is 38.7 Å². The fourth-order valence-electron chi connectivity index (χ4n) is 1.50. The molecule has 0 aliphatic heterocycles. The Hall–Kier alpha value is -1.82. The molecule has 92 valence electrons. The molecule has 0 unspecified atom stereocenters. The molecular weight excluding hydrogens is 218 g/mol. The average Bonchev–Trinajstić information content (AvgIpc) is 2.76. The van der Waals surface area contributed by atoms with Crippen LogP contribution in [0.1, 0.15) is 13.8 Å². The molecule has 17 heavy (non-hydrogen) atoms. The molecule has 0 radical (unpaired) electrons. The molecule has 2 rings (SSSR count). The molecule has 0 saturated carbocycles. The van der Waals surface area contributed by atoms with Crippen molar-refractivity contribution in [1.82, 2.24) is 14.4 Å². The Morgan fingerprint density at radius 3 is 2.88 bits per heavy atom. The molecule has 0 atom stereocenters. The molecule has 0 fully saturated rings. The normalized spacial score (nSPS) is 11.8. The molecule has 0 aromatic carbocycles. The van der Waals surface area contributed by atoms with E-state index >= 15 is 0 Å². The highest BCUT2D eigenvalue weighted by Gasteiger charge is 2.19. The molecule has 6 nitrogen and oxygen atoms in total. The second kappa shape index (κ2) is 4.21. The van der Waals surface area contributed by atoms with E-state index in [-0.39, 0.29) is 6.61 Å². The number of aliphatic hydroxyl groups is 1. The van der Waals surface area contributed by atoms with Crippen LogP contribution in [0.4, 0.5) is 11.6 Å². The van der Waals surface area contributed by atoms with Crippen molar-refractivity contribution in [3.8, 4) is 0 Å². The number of aliphatic hydroxyl groups excluding tert-OH is 1. The third-order valence-electron chi connectivity index (χ3n) is 2.48. The van der Waals surface area contributed by atoms with Crippen molar-refractivity contribution < 1.29 is 5.11 Å². The molecule has 0 aliphatic carbocycles. The SMILES string of the molecule is CNc1cn2ccnc2c(NC(C)(C)CO)n1. The molecule has 0 aliphatic rings. The molecule has 0 amide bonds. The fourth-order valence-corrected chi connectivity index (χ4v) is 1.50. The van der Waals surface area contributed by atoms with Gasteiger partial charge in [-0.3, -0.25) is 0 Å². The van der Waals surface area contributed by atoms with Crippen molar-refractivity contribution >= 4 is 17.3 Å². The van der Waals surface area contributed by atoms with Gasteiger partial charge in [0, 0.05) is 19.4 Å². The van der Waals surface area contributed by atoms with Crippen LogP contribution in [-0.2, 0) is 0 Å². The van der Waals surface area contributed by atoms with Gasteiger partial charge in [0.1, 0.15) is 5.82 Å². The zero-order valence-corrected chi connectivity index (χ0v) is 10.2.